The number of aryl methyl sites for hydroxylation is 2. The van der Waals surface area contributed by atoms with Gasteiger partial charge in [0.15, 0.2) is 0 Å². The molecule has 2 aromatic rings. The van der Waals surface area contributed by atoms with E-state index in [1.54, 1.807) is 38.1 Å². The van der Waals surface area contributed by atoms with Crippen LogP contribution in [0.3, 0.4) is 0 Å². The molecule has 0 fully saturated rings. The minimum Gasteiger partial charge on any atom is -0.289 e. The Morgan fingerprint density at radius 3 is 2.17 bits per heavy atom. The van der Waals surface area contributed by atoms with Gasteiger partial charge in [0.25, 0.3) is 11.3 Å². The highest BCUT2D eigenvalue weighted by atomic mass is 32.2. The van der Waals surface area contributed by atoms with Crippen LogP contribution >= 0.6 is 0 Å². The maximum absolute atomic E-state index is 13.8. The second kappa shape index (κ2) is 6.94. The van der Waals surface area contributed by atoms with E-state index in [9.17, 15) is 17.4 Å². The zero-order valence-electron chi connectivity index (χ0n) is 13.4. The molecule has 0 spiro atoms. The fraction of sp³-hybridized carbons (Fsp3) is 0.294. The number of alkyl halides is 3. The lowest BCUT2D eigenvalue weighted by Gasteiger charge is -2.27. The smallest absolute Gasteiger partial charge is 0.289 e. The number of nitrogens with one attached hydrogen (secondary N) is 1. The molecule has 2 aromatic carbocycles. The number of hydrogen-bond acceptors (Lipinski definition) is 1. The van der Waals surface area contributed by atoms with Gasteiger partial charge in [-0.15, -0.1) is 0 Å². The molecule has 2 unspecified atom stereocenters. The maximum Gasteiger partial charge on any atom is 0.399 e. The van der Waals surface area contributed by atoms with Crippen molar-refractivity contribution in [2.45, 2.75) is 32.9 Å². The SMILES string of the molecule is Cc1cc(C)c(C(c2ccccc2)C(F)(F)F)c(C)c1NS(=O)O. The highest BCUT2D eigenvalue weighted by molar-refractivity contribution is 7.80. The molecule has 0 aliphatic carbocycles. The van der Waals surface area contributed by atoms with Crippen LogP contribution in [0.5, 0.6) is 0 Å². The molecule has 0 saturated heterocycles. The Bertz CT molecular complexity index is 761. The molecule has 130 valence electrons. The van der Waals surface area contributed by atoms with Gasteiger partial charge in [-0.05, 0) is 48.6 Å². The molecule has 0 aromatic heterocycles. The van der Waals surface area contributed by atoms with E-state index in [2.05, 4.69) is 4.72 Å². The fourth-order valence-corrected chi connectivity index (χ4v) is 3.54. The van der Waals surface area contributed by atoms with Gasteiger partial charge in [-0.2, -0.15) is 13.2 Å². The Labute approximate surface area is 141 Å². The highest BCUT2D eigenvalue weighted by Crippen LogP contribution is 2.44. The van der Waals surface area contributed by atoms with Gasteiger partial charge in [0.05, 0.1) is 5.69 Å². The van der Waals surface area contributed by atoms with Crippen molar-refractivity contribution >= 4 is 17.0 Å². The molecule has 0 radical (unpaired) electrons. The zero-order valence-corrected chi connectivity index (χ0v) is 14.3. The van der Waals surface area contributed by atoms with Crippen molar-refractivity contribution in [1.29, 1.82) is 0 Å². The van der Waals surface area contributed by atoms with Gasteiger partial charge in [-0.25, -0.2) is 4.21 Å². The Hall–Kier alpha value is -1.86. The number of benzene rings is 2. The first kappa shape index (κ1) is 18.5. The molecular weight excluding hydrogens is 339 g/mol. The van der Waals surface area contributed by atoms with E-state index in [0.29, 0.717) is 16.7 Å². The first-order valence-electron chi connectivity index (χ1n) is 7.22. The third-order valence-electron chi connectivity index (χ3n) is 3.97. The number of anilines is 1. The van der Waals surface area contributed by atoms with Crippen molar-refractivity contribution in [3.05, 3.63) is 64.2 Å². The number of hydrogen-bond donors (Lipinski definition) is 2. The second-order valence-corrected chi connectivity index (χ2v) is 6.36. The predicted molar refractivity (Wildman–Crippen MR) is 89.4 cm³/mol. The van der Waals surface area contributed by atoms with Crippen LogP contribution in [0.25, 0.3) is 0 Å². The normalized spacial score (nSPS) is 14.3. The summed E-state index contributed by atoms with van der Waals surface area (Å²) in [7, 11) is 0. The van der Waals surface area contributed by atoms with Gasteiger partial charge in [0.1, 0.15) is 5.92 Å². The summed E-state index contributed by atoms with van der Waals surface area (Å²) in [5.41, 5.74) is 1.92. The summed E-state index contributed by atoms with van der Waals surface area (Å²) in [6, 6.07) is 9.26. The van der Waals surface area contributed by atoms with Crippen molar-refractivity contribution in [3.8, 4) is 0 Å². The summed E-state index contributed by atoms with van der Waals surface area (Å²) in [6.07, 6.45) is -4.48. The Kier molecular flexibility index (Phi) is 5.35. The van der Waals surface area contributed by atoms with Gasteiger partial charge in [-0.3, -0.25) is 9.27 Å². The molecule has 7 heteroatoms. The standard InChI is InChI=1S/C17H18F3NO2S/c1-10-9-11(2)16(21-24(22)23)12(3)14(10)15(17(18,19)20)13-7-5-4-6-8-13/h4-9,15,21H,1-3H3,(H,22,23). The molecule has 0 heterocycles. The van der Waals surface area contributed by atoms with E-state index >= 15 is 0 Å². The predicted octanol–water partition coefficient (Wildman–Crippen LogP) is 4.85. The van der Waals surface area contributed by atoms with Crippen LogP contribution in [0.1, 0.15) is 33.7 Å². The molecule has 2 rings (SSSR count). The van der Waals surface area contributed by atoms with E-state index in [1.165, 1.54) is 19.1 Å². The van der Waals surface area contributed by atoms with Gasteiger partial charge in [0.2, 0.25) is 0 Å². The molecular formula is C17H18F3NO2S. The molecule has 2 N–H and O–H groups in total. The van der Waals surface area contributed by atoms with Crippen molar-refractivity contribution in [3.63, 3.8) is 0 Å². The Balaban J connectivity index is 2.73. The largest absolute Gasteiger partial charge is 0.399 e. The summed E-state index contributed by atoms with van der Waals surface area (Å²) >= 11 is -2.36. The number of halogens is 3. The van der Waals surface area contributed by atoms with Gasteiger partial charge in [-0.1, -0.05) is 36.4 Å². The summed E-state index contributed by atoms with van der Waals surface area (Å²) in [5, 5.41) is 0. The summed E-state index contributed by atoms with van der Waals surface area (Å²) < 4.78 is 63.9. The van der Waals surface area contributed by atoms with E-state index < -0.39 is 23.4 Å². The average Bonchev–Trinajstić information content (AvgIpc) is 2.47. The Morgan fingerprint density at radius 1 is 1.08 bits per heavy atom. The lowest BCUT2D eigenvalue weighted by molar-refractivity contribution is -0.141. The van der Waals surface area contributed by atoms with Crippen LogP contribution in [0.4, 0.5) is 18.9 Å². The number of rotatable bonds is 4. The first-order valence-corrected chi connectivity index (χ1v) is 8.33. The highest BCUT2D eigenvalue weighted by Gasteiger charge is 2.43. The second-order valence-electron chi connectivity index (χ2n) is 5.66. The van der Waals surface area contributed by atoms with Gasteiger partial charge >= 0.3 is 6.18 Å². The summed E-state index contributed by atoms with van der Waals surface area (Å²) in [6.45, 7) is 4.84. The van der Waals surface area contributed by atoms with Crippen molar-refractivity contribution in [2.24, 2.45) is 0 Å². The minimum atomic E-state index is -4.48. The monoisotopic (exact) mass is 357 g/mol. The van der Waals surface area contributed by atoms with Crippen molar-refractivity contribution < 1.29 is 21.9 Å². The molecule has 0 amide bonds. The third kappa shape index (κ3) is 3.79. The van der Waals surface area contributed by atoms with Crippen LogP contribution in [0.2, 0.25) is 0 Å². The Morgan fingerprint density at radius 2 is 1.67 bits per heavy atom. The van der Waals surface area contributed by atoms with Crippen molar-refractivity contribution in [1.82, 2.24) is 0 Å². The van der Waals surface area contributed by atoms with Crippen LogP contribution in [0, 0.1) is 20.8 Å². The van der Waals surface area contributed by atoms with Gasteiger partial charge < -0.3 is 0 Å². The average molecular weight is 357 g/mol. The molecule has 0 aliphatic rings. The van der Waals surface area contributed by atoms with E-state index in [4.69, 9.17) is 4.55 Å². The molecule has 2 atom stereocenters. The minimum absolute atomic E-state index is 0.104. The van der Waals surface area contributed by atoms with Gasteiger partial charge in [0, 0.05) is 0 Å². The quantitative estimate of drug-likeness (QED) is 0.768. The summed E-state index contributed by atoms with van der Waals surface area (Å²) in [5.74, 6) is -1.80. The fourth-order valence-electron chi connectivity index (χ4n) is 3.05. The van der Waals surface area contributed by atoms with Crippen LogP contribution in [-0.2, 0) is 11.3 Å². The van der Waals surface area contributed by atoms with E-state index in [1.807, 2.05) is 0 Å². The van der Waals surface area contributed by atoms with Crippen molar-refractivity contribution in [2.75, 3.05) is 4.72 Å². The maximum atomic E-state index is 13.8. The first-order chi connectivity index (χ1) is 11.1. The van der Waals surface area contributed by atoms with Crippen LogP contribution < -0.4 is 4.72 Å². The molecule has 0 aliphatic heterocycles. The molecule has 0 bridgehead atoms. The van der Waals surface area contributed by atoms with Crippen LogP contribution in [-0.4, -0.2) is 14.9 Å². The lowest BCUT2D eigenvalue weighted by atomic mass is 9.83. The van der Waals surface area contributed by atoms with E-state index in [-0.39, 0.29) is 16.8 Å². The molecule has 3 nitrogen and oxygen atoms in total. The summed E-state index contributed by atoms with van der Waals surface area (Å²) in [4.78, 5) is 0. The zero-order chi connectivity index (χ0) is 18.1. The topological polar surface area (TPSA) is 49.3 Å². The lowest BCUT2D eigenvalue weighted by Crippen LogP contribution is -2.24. The van der Waals surface area contributed by atoms with Crippen LogP contribution in [0.15, 0.2) is 36.4 Å². The van der Waals surface area contributed by atoms with E-state index in [0.717, 1.165) is 0 Å². The molecule has 24 heavy (non-hydrogen) atoms. The third-order valence-corrected chi connectivity index (χ3v) is 4.35. The molecule has 0 saturated carbocycles.